The van der Waals surface area contributed by atoms with Gasteiger partial charge in [-0.1, -0.05) is 0 Å². The SMILES string of the molecule is [Au+].[CH2-][P+](C)(C)C. The number of hydrogen-bond acceptors (Lipinski definition) is 0. The molecule has 2 heteroatoms. The molecule has 0 amide bonds. The van der Waals surface area contributed by atoms with Crippen LogP contribution in [0.2, 0.25) is 0 Å². The Hall–Kier alpha value is 1.17. The van der Waals surface area contributed by atoms with Crippen LogP contribution >= 0.6 is 7.26 Å². The summed E-state index contributed by atoms with van der Waals surface area (Å²) in [5, 5.41) is 0. The first kappa shape index (κ1) is 10.2. The van der Waals surface area contributed by atoms with Gasteiger partial charge in [-0.05, 0) is 0 Å². The van der Waals surface area contributed by atoms with Crippen molar-refractivity contribution in [3.63, 3.8) is 0 Å². The molecular formula is C4H11AuP+. The van der Waals surface area contributed by atoms with Gasteiger partial charge in [-0.25, -0.2) is 0 Å². The number of hydrogen-bond donors (Lipinski definition) is 0. The predicted octanol–water partition coefficient (Wildman–Crippen LogP) is 1.68. The summed E-state index contributed by atoms with van der Waals surface area (Å²) in [6, 6.07) is 0. The molecule has 0 aromatic carbocycles. The van der Waals surface area contributed by atoms with E-state index >= 15 is 0 Å². The van der Waals surface area contributed by atoms with Crippen molar-refractivity contribution >= 4 is 7.26 Å². The van der Waals surface area contributed by atoms with Crippen molar-refractivity contribution in [1.29, 1.82) is 0 Å². The quantitative estimate of drug-likeness (QED) is 0.361. The molecule has 0 heterocycles. The van der Waals surface area contributed by atoms with Crippen LogP contribution in [0.25, 0.3) is 0 Å². The predicted molar refractivity (Wildman–Crippen MR) is 30.0 cm³/mol. The largest absolute Gasteiger partial charge is 1.00 e. The molecule has 0 saturated carbocycles. The molecule has 0 N–H and O–H groups in total. The Morgan fingerprint density at radius 1 is 1.17 bits per heavy atom. The average Bonchev–Trinajstić information content (AvgIpc) is 0.722. The Morgan fingerprint density at radius 3 is 1.17 bits per heavy atom. The second-order valence-corrected chi connectivity index (χ2v) is 6.87. The minimum Gasteiger partial charge on any atom is -0.181 e. The molecule has 42 valence electrons. The van der Waals surface area contributed by atoms with Crippen molar-refractivity contribution in [2.75, 3.05) is 20.0 Å². The van der Waals surface area contributed by atoms with Crippen molar-refractivity contribution in [3.8, 4) is 0 Å². The van der Waals surface area contributed by atoms with Gasteiger partial charge < -0.3 is 0 Å². The first-order chi connectivity index (χ1) is 2.00. The summed E-state index contributed by atoms with van der Waals surface area (Å²) in [7, 11) is -0.639. The summed E-state index contributed by atoms with van der Waals surface area (Å²) in [6.07, 6.45) is 0. The van der Waals surface area contributed by atoms with E-state index < -0.39 is 7.26 Å². The Morgan fingerprint density at radius 2 is 1.17 bits per heavy atom. The van der Waals surface area contributed by atoms with E-state index in [-0.39, 0.29) is 22.4 Å². The molecular weight excluding hydrogens is 276 g/mol. The fourth-order valence-electron chi connectivity index (χ4n) is 0. The summed E-state index contributed by atoms with van der Waals surface area (Å²) in [6.45, 7) is 10.4. The van der Waals surface area contributed by atoms with Crippen LogP contribution in [0.1, 0.15) is 0 Å². The number of rotatable bonds is 0. The molecule has 6 heavy (non-hydrogen) atoms. The van der Waals surface area contributed by atoms with E-state index in [0.717, 1.165) is 0 Å². The third-order valence-electron chi connectivity index (χ3n) is 0. The van der Waals surface area contributed by atoms with Crippen LogP contribution in [0, 0.1) is 6.66 Å². The third-order valence-corrected chi connectivity index (χ3v) is 0. The summed E-state index contributed by atoms with van der Waals surface area (Å²) >= 11 is 0. The molecule has 0 atom stereocenters. The smallest absolute Gasteiger partial charge is 0.181 e. The van der Waals surface area contributed by atoms with Crippen LogP contribution in [-0.4, -0.2) is 20.0 Å². The molecule has 0 saturated heterocycles. The van der Waals surface area contributed by atoms with E-state index in [1.54, 1.807) is 0 Å². The van der Waals surface area contributed by atoms with Gasteiger partial charge in [-0.15, -0.1) is 7.26 Å². The maximum atomic E-state index is 3.88. The second kappa shape index (κ2) is 3.21. The van der Waals surface area contributed by atoms with E-state index in [1.807, 2.05) is 0 Å². The maximum absolute atomic E-state index is 3.88. The molecule has 0 nitrogen and oxygen atoms in total. The molecule has 0 aliphatic carbocycles. The Kier molecular flexibility index (Phi) is 5.46. The topological polar surface area (TPSA) is 0 Å². The van der Waals surface area contributed by atoms with Gasteiger partial charge in [0.2, 0.25) is 0 Å². The third kappa shape index (κ3) is 65.7. The molecule has 0 aromatic heterocycles. The monoisotopic (exact) mass is 287 g/mol. The molecule has 0 aliphatic rings. The van der Waals surface area contributed by atoms with Crippen LogP contribution in [0.15, 0.2) is 0 Å². The van der Waals surface area contributed by atoms with Gasteiger partial charge in [-0.2, -0.15) is 6.66 Å². The van der Waals surface area contributed by atoms with Gasteiger partial charge >= 0.3 is 22.4 Å². The maximum Gasteiger partial charge on any atom is 1.00 e. The van der Waals surface area contributed by atoms with Gasteiger partial charge in [0.05, 0.1) is 0 Å². The minimum atomic E-state index is -0.639. The van der Waals surface area contributed by atoms with E-state index in [2.05, 4.69) is 26.7 Å². The van der Waals surface area contributed by atoms with Crippen molar-refractivity contribution in [3.05, 3.63) is 6.66 Å². The van der Waals surface area contributed by atoms with Crippen LogP contribution < -0.4 is 0 Å². The molecule has 0 radical (unpaired) electrons. The van der Waals surface area contributed by atoms with Gasteiger partial charge in [-0.3, -0.25) is 0 Å². The summed E-state index contributed by atoms with van der Waals surface area (Å²) in [5.74, 6) is 0. The Bertz CT molecular complexity index is 23.0. The average molecular weight is 287 g/mol. The Balaban J connectivity index is 0. The van der Waals surface area contributed by atoms with Crippen LogP contribution in [0.5, 0.6) is 0 Å². The van der Waals surface area contributed by atoms with Crippen molar-refractivity contribution in [1.82, 2.24) is 0 Å². The van der Waals surface area contributed by atoms with Gasteiger partial charge in [0.25, 0.3) is 0 Å². The van der Waals surface area contributed by atoms with Crippen LogP contribution in [-0.2, 0) is 22.4 Å². The van der Waals surface area contributed by atoms with Gasteiger partial charge in [0, 0.05) is 20.0 Å². The van der Waals surface area contributed by atoms with E-state index in [4.69, 9.17) is 0 Å². The minimum absolute atomic E-state index is 0. The Labute approximate surface area is 56.6 Å². The normalized spacial score (nSPS) is 10.0. The second-order valence-electron chi connectivity index (χ2n) is 2.29. The van der Waals surface area contributed by atoms with Crippen LogP contribution in [0.3, 0.4) is 0 Å². The molecule has 0 aliphatic heterocycles. The van der Waals surface area contributed by atoms with Gasteiger partial charge in [0.1, 0.15) is 0 Å². The zero-order valence-corrected chi connectivity index (χ0v) is 7.52. The fraction of sp³-hybridized carbons (Fsp3) is 0.750. The van der Waals surface area contributed by atoms with E-state index in [9.17, 15) is 0 Å². The van der Waals surface area contributed by atoms with Gasteiger partial charge in [0.15, 0.2) is 0 Å². The summed E-state index contributed by atoms with van der Waals surface area (Å²) in [4.78, 5) is 0. The zero-order valence-electron chi connectivity index (χ0n) is 4.46. The van der Waals surface area contributed by atoms with Crippen molar-refractivity contribution in [2.45, 2.75) is 0 Å². The molecule has 0 aromatic rings. The molecule has 0 spiro atoms. The molecule has 0 fully saturated rings. The van der Waals surface area contributed by atoms with Crippen molar-refractivity contribution < 1.29 is 22.4 Å². The van der Waals surface area contributed by atoms with Crippen LogP contribution in [0.4, 0.5) is 0 Å². The van der Waals surface area contributed by atoms with E-state index in [0.29, 0.717) is 0 Å². The summed E-state index contributed by atoms with van der Waals surface area (Å²) < 4.78 is 0. The zero-order chi connectivity index (χ0) is 4.50. The van der Waals surface area contributed by atoms with Crippen molar-refractivity contribution in [2.24, 2.45) is 0 Å². The van der Waals surface area contributed by atoms with E-state index in [1.165, 1.54) is 0 Å². The summed E-state index contributed by atoms with van der Waals surface area (Å²) in [5.41, 5.74) is 0. The fourth-order valence-corrected chi connectivity index (χ4v) is 0. The molecule has 0 rings (SSSR count). The molecule has 0 unspecified atom stereocenters. The molecule has 0 bridgehead atoms. The standard InChI is InChI=1S/C4H11P.Au/c1-5(2,3)4;/h1H2,2-4H3;/q;+1. The first-order valence-electron chi connectivity index (χ1n) is 1.66. The first-order valence-corrected chi connectivity index (χ1v) is 4.97.